The fourth-order valence-corrected chi connectivity index (χ4v) is 14.1. The second-order valence-electron chi connectivity index (χ2n) is 21.8. The van der Waals surface area contributed by atoms with Gasteiger partial charge in [-0.1, -0.05) is 231 Å². The normalized spacial score (nSPS) is 15.3. The Bertz CT molecular complexity index is 5290. The van der Waals surface area contributed by atoms with E-state index < -0.39 is 12.3 Å². The molecule has 15 aromatic rings. The Morgan fingerprint density at radius 1 is 0.353 bits per heavy atom. The second-order valence-corrected chi connectivity index (χ2v) is 22.8. The summed E-state index contributed by atoms with van der Waals surface area (Å²) in [4.78, 5) is 21.7. The van der Waals surface area contributed by atoms with Gasteiger partial charge in [-0.15, -0.1) is 11.3 Å². The largest absolute Gasteiger partial charge is 0.344 e. The van der Waals surface area contributed by atoms with Crippen LogP contribution in [0.3, 0.4) is 0 Å². The smallest absolute Gasteiger partial charge is 0.159 e. The predicted octanol–water partition coefficient (Wildman–Crippen LogP) is 18.1. The first-order valence-corrected chi connectivity index (χ1v) is 29.6. The lowest BCUT2D eigenvalue weighted by atomic mass is 10.0. The van der Waals surface area contributed by atoms with Crippen molar-refractivity contribution in [1.82, 2.24) is 19.8 Å². The van der Waals surface area contributed by atoms with Gasteiger partial charge >= 0.3 is 0 Å². The number of hydrogen-bond donors (Lipinski definition) is 2. The second kappa shape index (κ2) is 19.9. The number of aromatic nitrogens is 2. The summed E-state index contributed by atoms with van der Waals surface area (Å²) in [7, 11) is 0. The summed E-state index contributed by atoms with van der Waals surface area (Å²) in [5.41, 5.74) is 14.6. The molecular weight excluding hydrogens is 1060 g/mol. The molecular formula is C76H50N8S. The molecule has 8 nitrogen and oxygen atoms in total. The molecule has 2 aliphatic heterocycles. The zero-order valence-corrected chi connectivity index (χ0v) is 46.6. The van der Waals surface area contributed by atoms with E-state index in [1.807, 2.05) is 41.7 Å². The molecule has 12 aromatic carbocycles. The lowest BCUT2D eigenvalue weighted by molar-refractivity contribution is 0.667. The van der Waals surface area contributed by atoms with E-state index in [0.29, 0.717) is 17.5 Å². The van der Waals surface area contributed by atoms with Gasteiger partial charge < -0.3 is 19.8 Å². The number of nitrogens with one attached hydrogen (secondary N) is 2. The Morgan fingerprint density at radius 3 is 1.54 bits per heavy atom. The van der Waals surface area contributed by atoms with E-state index in [1.54, 1.807) is 0 Å². The fraction of sp³-hybridized carbons (Fsp3) is 0.0263. The van der Waals surface area contributed by atoms with E-state index in [2.05, 4.69) is 268 Å². The molecule has 9 heteroatoms. The van der Waals surface area contributed by atoms with E-state index in [1.165, 1.54) is 58.0 Å². The number of fused-ring (bicyclic) bond motifs is 13. The molecule has 0 fully saturated rings. The Morgan fingerprint density at radius 2 is 0.847 bits per heavy atom. The first kappa shape index (κ1) is 48.7. The van der Waals surface area contributed by atoms with Crippen LogP contribution in [0.5, 0.6) is 0 Å². The third-order valence-electron chi connectivity index (χ3n) is 16.8. The van der Waals surface area contributed by atoms with Crippen molar-refractivity contribution < 1.29 is 0 Å². The lowest BCUT2D eigenvalue weighted by Gasteiger charge is -2.28. The number of thiophene rings is 1. The predicted molar refractivity (Wildman–Crippen MR) is 355 cm³/mol. The number of hydrogen-bond acceptors (Lipinski definition) is 7. The van der Waals surface area contributed by atoms with Crippen LogP contribution in [0, 0.1) is 0 Å². The highest BCUT2D eigenvalue weighted by molar-refractivity contribution is 7.27. The highest BCUT2D eigenvalue weighted by Crippen LogP contribution is 2.52. The summed E-state index contributed by atoms with van der Waals surface area (Å²) < 4.78 is 7.55. The highest BCUT2D eigenvalue weighted by atomic mass is 32.1. The van der Waals surface area contributed by atoms with Crippen molar-refractivity contribution >= 4 is 109 Å². The fourth-order valence-electron chi connectivity index (χ4n) is 12.9. The molecule has 0 spiro atoms. The van der Waals surface area contributed by atoms with E-state index in [9.17, 15) is 0 Å². The Hall–Kier alpha value is -11.0. The maximum Gasteiger partial charge on any atom is 0.159 e. The van der Waals surface area contributed by atoms with E-state index in [-0.39, 0.29) is 0 Å². The zero-order valence-electron chi connectivity index (χ0n) is 45.8. The van der Waals surface area contributed by atoms with Gasteiger partial charge in [0.15, 0.2) is 11.7 Å². The van der Waals surface area contributed by atoms with Crippen LogP contribution in [0.2, 0.25) is 0 Å². The molecule has 17 rings (SSSR count). The maximum atomic E-state index is 5.65. The average Bonchev–Trinajstić information content (AvgIpc) is 1.68. The molecule has 0 saturated heterocycles. The number of amidine groups is 4. The van der Waals surface area contributed by atoms with Crippen LogP contribution >= 0.6 is 11.3 Å². The van der Waals surface area contributed by atoms with Gasteiger partial charge in [0.1, 0.15) is 24.0 Å². The van der Waals surface area contributed by atoms with Gasteiger partial charge in [-0.2, -0.15) is 0 Å². The molecule has 3 aromatic heterocycles. The summed E-state index contributed by atoms with van der Waals surface area (Å²) in [6.45, 7) is 0. The molecule has 2 N–H and O–H groups in total. The first-order valence-electron chi connectivity index (χ1n) is 28.8. The Kier molecular flexibility index (Phi) is 11.4. The molecule has 0 bridgehead atoms. The van der Waals surface area contributed by atoms with E-state index in [4.69, 9.17) is 20.0 Å². The third kappa shape index (κ3) is 8.11. The monoisotopic (exact) mass is 1110 g/mol. The van der Waals surface area contributed by atoms with Crippen molar-refractivity contribution in [3.05, 3.63) is 312 Å². The van der Waals surface area contributed by atoms with Gasteiger partial charge in [0.05, 0.1) is 27.8 Å². The molecule has 0 saturated carbocycles. The Labute approximate surface area is 493 Å². The lowest BCUT2D eigenvalue weighted by Crippen LogP contribution is -2.35. The van der Waals surface area contributed by atoms with Crippen molar-refractivity contribution in [2.75, 3.05) is 0 Å². The number of para-hydroxylation sites is 2. The van der Waals surface area contributed by atoms with E-state index in [0.717, 1.165) is 78.3 Å². The molecule has 2 atom stereocenters. The topological polar surface area (TPSA) is 83.4 Å². The summed E-state index contributed by atoms with van der Waals surface area (Å²) in [6.07, 6.45) is -1.05. The third-order valence-corrected chi connectivity index (χ3v) is 18.0. The van der Waals surface area contributed by atoms with Crippen molar-refractivity contribution in [1.29, 1.82) is 0 Å². The zero-order chi connectivity index (χ0) is 56.0. The van der Waals surface area contributed by atoms with Crippen molar-refractivity contribution in [3.63, 3.8) is 0 Å². The minimum Gasteiger partial charge on any atom is -0.344 e. The molecule has 0 amide bonds. The molecule has 0 radical (unpaired) electrons. The van der Waals surface area contributed by atoms with Crippen LogP contribution in [0.1, 0.15) is 45.7 Å². The molecule has 2 unspecified atom stereocenters. The molecule has 400 valence electrons. The first-order chi connectivity index (χ1) is 42.1. The van der Waals surface area contributed by atoms with Gasteiger partial charge in [-0.3, -0.25) is 0 Å². The number of benzene rings is 12. The van der Waals surface area contributed by atoms with E-state index >= 15 is 0 Å². The van der Waals surface area contributed by atoms with Gasteiger partial charge in [0, 0.05) is 75.2 Å². The molecule has 2 aliphatic rings. The number of nitrogens with zero attached hydrogens (tertiary/aromatic N) is 6. The molecule has 5 heterocycles. The number of rotatable bonds is 9. The van der Waals surface area contributed by atoms with Gasteiger partial charge in [-0.05, 0) is 76.0 Å². The van der Waals surface area contributed by atoms with Crippen LogP contribution in [-0.2, 0) is 0 Å². The van der Waals surface area contributed by atoms with Gasteiger partial charge in [-0.25, -0.2) is 20.0 Å². The minimum atomic E-state index is -0.621. The van der Waals surface area contributed by atoms with Gasteiger partial charge in [0.25, 0.3) is 0 Å². The summed E-state index contributed by atoms with van der Waals surface area (Å²) >= 11 is 1.88. The van der Waals surface area contributed by atoms with Crippen LogP contribution in [0.4, 0.5) is 0 Å². The highest BCUT2D eigenvalue weighted by Gasteiger charge is 2.31. The molecule has 0 aliphatic carbocycles. The molecule has 85 heavy (non-hydrogen) atoms. The van der Waals surface area contributed by atoms with Crippen LogP contribution in [0.15, 0.2) is 299 Å². The summed E-state index contributed by atoms with van der Waals surface area (Å²) in [5.74, 6) is 2.72. The quantitative estimate of drug-likeness (QED) is 0.151. The van der Waals surface area contributed by atoms with Crippen LogP contribution in [0.25, 0.3) is 97.1 Å². The van der Waals surface area contributed by atoms with Crippen LogP contribution in [-0.4, -0.2) is 32.5 Å². The number of aliphatic imine (C=N–C) groups is 4. The van der Waals surface area contributed by atoms with Crippen LogP contribution < -0.4 is 10.6 Å². The standard InChI is InChI=1S/C76H50N8S/c1-5-21-47(22-6-1)49-37-39-53(40-38-49)74-77-71(50-24-7-2-8-25-50)79-75(80-74)55-42-44-63(60(46-55)76-81-72(51-26-9-3-10-27-51)78-73(82-76)52-28-11-4-12-29-52)84-62-35-19-16-32-58(62)66-69(84)65-57-31-15-18-34-61(57)83(56-43-41-48-23-13-14-30-54(48)45-56)68(65)67-59-33-17-20-36-64(59)85-70(66)67/h1-46,74,76H,(H,77,79,80)(H,78,81,82). The summed E-state index contributed by atoms with van der Waals surface area (Å²) in [5, 5.41) is 17.4. The van der Waals surface area contributed by atoms with Gasteiger partial charge in [0.2, 0.25) is 0 Å². The van der Waals surface area contributed by atoms with Crippen molar-refractivity contribution in [3.8, 4) is 22.5 Å². The SMILES string of the molecule is c1ccc(C2=NC(c3ccc(-c4ccccc4)cc3)NC(c3ccc(-n4c5ccccc5c5c6sc7ccccc7c6c6c(c7ccccc7n6-c6ccc7ccccc7c6)c54)c(C4N=C(c5ccccc5)N=C(c5ccccc5)N4)c3)=N2)cc1. The summed E-state index contributed by atoms with van der Waals surface area (Å²) in [6, 6.07) is 99.4. The van der Waals surface area contributed by atoms with Crippen molar-refractivity contribution in [2.45, 2.75) is 12.3 Å². The van der Waals surface area contributed by atoms with Crippen molar-refractivity contribution in [2.24, 2.45) is 20.0 Å². The maximum absolute atomic E-state index is 5.65. The minimum absolute atomic E-state index is 0.433. The Balaban J connectivity index is 0.955. The average molecular weight is 1110 g/mol.